The predicted octanol–water partition coefficient (Wildman–Crippen LogP) is 0.670. The van der Waals surface area contributed by atoms with Crippen LogP contribution in [0.4, 0.5) is 4.79 Å². The van der Waals surface area contributed by atoms with E-state index in [4.69, 9.17) is 9.84 Å². The first-order valence-corrected chi connectivity index (χ1v) is 5.90. The summed E-state index contributed by atoms with van der Waals surface area (Å²) in [6.07, 6.45) is 1.98. The topological polar surface area (TPSA) is 78.9 Å². The van der Waals surface area contributed by atoms with Crippen LogP contribution in [-0.4, -0.2) is 54.4 Å². The summed E-state index contributed by atoms with van der Waals surface area (Å²) < 4.78 is 4.75. The van der Waals surface area contributed by atoms with Gasteiger partial charge in [-0.15, -0.1) is 0 Å². The minimum Gasteiger partial charge on any atom is -0.479 e. The van der Waals surface area contributed by atoms with E-state index in [-0.39, 0.29) is 18.6 Å². The summed E-state index contributed by atoms with van der Waals surface area (Å²) in [5, 5.41) is 11.4. The van der Waals surface area contributed by atoms with Crippen LogP contribution in [0.3, 0.4) is 0 Å². The van der Waals surface area contributed by atoms with Gasteiger partial charge in [-0.1, -0.05) is 6.92 Å². The van der Waals surface area contributed by atoms with Gasteiger partial charge in [-0.2, -0.15) is 0 Å². The summed E-state index contributed by atoms with van der Waals surface area (Å²) in [4.78, 5) is 24.3. The molecule has 0 radical (unpaired) electrons. The number of methoxy groups -OCH3 is 1. The summed E-state index contributed by atoms with van der Waals surface area (Å²) in [6, 6.07) is 0.0819. The first-order chi connectivity index (χ1) is 8.10. The molecule has 1 fully saturated rings. The number of carbonyl (C=O) groups excluding carboxylic acids is 1. The summed E-state index contributed by atoms with van der Waals surface area (Å²) >= 11 is 0. The lowest BCUT2D eigenvalue weighted by Crippen LogP contribution is -2.46. The van der Waals surface area contributed by atoms with Crippen molar-refractivity contribution in [3.8, 4) is 0 Å². The summed E-state index contributed by atoms with van der Waals surface area (Å²) in [6.45, 7) is 2.79. The molecule has 2 unspecified atom stereocenters. The van der Waals surface area contributed by atoms with E-state index >= 15 is 0 Å². The number of rotatable bonds is 5. The van der Waals surface area contributed by atoms with Gasteiger partial charge in [0.2, 0.25) is 0 Å². The summed E-state index contributed by atoms with van der Waals surface area (Å²) in [5.74, 6) is -1.07. The van der Waals surface area contributed by atoms with Crippen molar-refractivity contribution in [1.29, 1.82) is 0 Å². The Hall–Kier alpha value is -1.30. The van der Waals surface area contributed by atoms with Crippen LogP contribution in [0, 0.1) is 0 Å². The fourth-order valence-electron chi connectivity index (χ4n) is 2.08. The standard InChI is InChI=1S/C11H20N2O4/c1-3-8-5-4-6-13(8)11(16)12-7-9(17-2)10(14)15/h8-9H,3-7H2,1-2H3,(H,12,16)(H,14,15). The van der Waals surface area contributed by atoms with Gasteiger partial charge in [-0.3, -0.25) is 0 Å². The average molecular weight is 244 g/mol. The highest BCUT2D eigenvalue weighted by molar-refractivity contribution is 5.77. The molecule has 1 heterocycles. The van der Waals surface area contributed by atoms with E-state index < -0.39 is 12.1 Å². The normalized spacial score (nSPS) is 21.3. The second-order valence-corrected chi connectivity index (χ2v) is 4.15. The van der Waals surface area contributed by atoms with Gasteiger partial charge in [0.15, 0.2) is 6.10 Å². The third-order valence-electron chi connectivity index (χ3n) is 3.11. The fraction of sp³-hybridized carbons (Fsp3) is 0.818. The SMILES string of the molecule is CCC1CCCN1C(=O)NCC(OC)C(=O)O. The van der Waals surface area contributed by atoms with Crippen LogP contribution in [-0.2, 0) is 9.53 Å². The molecule has 6 nitrogen and oxygen atoms in total. The van der Waals surface area contributed by atoms with Gasteiger partial charge >= 0.3 is 12.0 Å². The molecule has 98 valence electrons. The highest BCUT2D eigenvalue weighted by Crippen LogP contribution is 2.19. The molecule has 17 heavy (non-hydrogen) atoms. The monoisotopic (exact) mass is 244 g/mol. The highest BCUT2D eigenvalue weighted by Gasteiger charge is 2.28. The molecular formula is C11H20N2O4. The maximum atomic E-state index is 11.8. The molecule has 1 aliphatic heterocycles. The smallest absolute Gasteiger partial charge is 0.334 e. The number of urea groups is 1. The maximum absolute atomic E-state index is 11.8. The quantitative estimate of drug-likeness (QED) is 0.745. The van der Waals surface area contributed by atoms with Crippen LogP contribution in [0.5, 0.6) is 0 Å². The minimum absolute atomic E-state index is 0.00238. The minimum atomic E-state index is -1.07. The number of ether oxygens (including phenoxy) is 1. The number of nitrogens with one attached hydrogen (secondary N) is 1. The van der Waals surface area contributed by atoms with Crippen molar-refractivity contribution in [1.82, 2.24) is 10.2 Å². The molecule has 2 atom stereocenters. The van der Waals surface area contributed by atoms with E-state index in [1.807, 2.05) is 6.92 Å². The Labute approximate surface area is 101 Å². The molecule has 1 aliphatic rings. The van der Waals surface area contributed by atoms with Crippen LogP contribution in [0.2, 0.25) is 0 Å². The van der Waals surface area contributed by atoms with Crippen LogP contribution < -0.4 is 5.32 Å². The first kappa shape index (κ1) is 13.8. The largest absolute Gasteiger partial charge is 0.479 e. The van der Waals surface area contributed by atoms with E-state index in [2.05, 4.69) is 5.32 Å². The second kappa shape index (κ2) is 6.44. The maximum Gasteiger partial charge on any atom is 0.334 e. The molecule has 0 saturated carbocycles. The molecule has 0 bridgehead atoms. The molecule has 0 spiro atoms. The van der Waals surface area contributed by atoms with Crippen molar-refractivity contribution in [3.63, 3.8) is 0 Å². The van der Waals surface area contributed by atoms with Crippen molar-refractivity contribution in [2.24, 2.45) is 0 Å². The van der Waals surface area contributed by atoms with E-state index in [9.17, 15) is 9.59 Å². The number of carboxylic acid groups (broad SMARTS) is 1. The molecule has 0 aromatic carbocycles. The lowest BCUT2D eigenvalue weighted by molar-refractivity contribution is -0.148. The van der Waals surface area contributed by atoms with Crippen LogP contribution in [0.25, 0.3) is 0 Å². The molecule has 0 aliphatic carbocycles. The Morgan fingerprint density at radius 2 is 2.29 bits per heavy atom. The predicted molar refractivity (Wildman–Crippen MR) is 61.9 cm³/mol. The number of amides is 2. The van der Waals surface area contributed by atoms with Gasteiger partial charge in [-0.05, 0) is 19.3 Å². The molecule has 2 amide bonds. The number of hydrogen-bond donors (Lipinski definition) is 2. The number of hydrogen-bond acceptors (Lipinski definition) is 3. The Kier molecular flexibility index (Phi) is 5.21. The second-order valence-electron chi connectivity index (χ2n) is 4.15. The molecule has 2 N–H and O–H groups in total. The third kappa shape index (κ3) is 3.59. The molecule has 6 heteroatoms. The first-order valence-electron chi connectivity index (χ1n) is 5.90. The van der Waals surface area contributed by atoms with Crippen molar-refractivity contribution >= 4 is 12.0 Å². The van der Waals surface area contributed by atoms with E-state index in [0.29, 0.717) is 0 Å². The Morgan fingerprint density at radius 3 is 2.82 bits per heavy atom. The van der Waals surface area contributed by atoms with Crippen LogP contribution in [0.15, 0.2) is 0 Å². The number of nitrogens with zero attached hydrogens (tertiary/aromatic N) is 1. The van der Waals surface area contributed by atoms with Crippen LogP contribution in [0.1, 0.15) is 26.2 Å². The van der Waals surface area contributed by atoms with Gasteiger partial charge in [0.25, 0.3) is 0 Å². The number of carbonyl (C=O) groups is 2. The van der Waals surface area contributed by atoms with Crippen molar-refractivity contribution in [2.75, 3.05) is 20.2 Å². The van der Waals surface area contributed by atoms with E-state index in [0.717, 1.165) is 25.8 Å². The lowest BCUT2D eigenvalue weighted by Gasteiger charge is -2.24. The lowest BCUT2D eigenvalue weighted by atomic mass is 10.2. The molecule has 0 aromatic heterocycles. The number of likely N-dealkylation sites (tertiary alicyclic amines) is 1. The third-order valence-corrected chi connectivity index (χ3v) is 3.11. The Bertz CT molecular complexity index is 283. The van der Waals surface area contributed by atoms with Crippen molar-refractivity contribution in [2.45, 2.75) is 38.3 Å². The Balaban J connectivity index is 2.41. The molecule has 1 saturated heterocycles. The highest BCUT2D eigenvalue weighted by atomic mass is 16.5. The van der Waals surface area contributed by atoms with E-state index in [1.165, 1.54) is 7.11 Å². The van der Waals surface area contributed by atoms with E-state index in [1.54, 1.807) is 4.90 Å². The van der Waals surface area contributed by atoms with Crippen LogP contribution >= 0.6 is 0 Å². The van der Waals surface area contributed by atoms with Crippen molar-refractivity contribution < 1.29 is 19.4 Å². The van der Waals surface area contributed by atoms with Crippen molar-refractivity contribution in [3.05, 3.63) is 0 Å². The summed E-state index contributed by atoms with van der Waals surface area (Å²) in [7, 11) is 1.32. The Morgan fingerprint density at radius 1 is 1.59 bits per heavy atom. The summed E-state index contributed by atoms with van der Waals surface area (Å²) in [5.41, 5.74) is 0. The van der Waals surface area contributed by atoms with Gasteiger partial charge in [0, 0.05) is 19.7 Å². The van der Waals surface area contributed by atoms with Gasteiger partial charge in [0.1, 0.15) is 0 Å². The number of carboxylic acids is 1. The van der Waals surface area contributed by atoms with Gasteiger partial charge in [-0.25, -0.2) is 9.59 Å². The fourth-order valence-corrected chi connectivity index (χ4v) is 2.08. The molecule has 1 rings (SSSR count). The molecular weight excluding hydrogens is 224 g/mol. The van der Waals surface area contributed by atoms with Gasteiger partial charge in [0.05, 0.1) is 6.54 Å². The zero-order valence-electron chi connectivity index (χ0n) is 10.3. The average Bonchev–Trinajstić information content (AvgIpc) is 2.77. The zero-order valence-corrected chi connectivity index (χ0v) is 10.3. The number of aliphatic carboxylic acids is 1. The van der Waals surface area contributed by atoms with Gasteiger partial charge < -0.3 is 20.1 Å². The molecule has 0 aromatic rings. The zero-order chi connectivity index (χ0) is 12.8.